The first-order valence-electron chi connectivity index (χ1n) is 11.4. The number of carbonyl (C=O) groups excluding carboxylic acids is 2. The highest BCUT2D eigenvalue weighted by Crippen LogP contribution is 2.18. The lowest BCUT2D eigenvalue weighted by atomic mass is 10.0. The first-order valence-corrected chi connectivity index (χ1v) is 11.4. The normalized spacial score (nSPS) is 17.0. The summed E-state index contributed by atoms with van der Waals surface area (Å²) in [4.78, 5) is 28.6. The Morgan fingerprint density at radius 3 is 2.29 bits per heavy atom. The molecule has 0 spiro atoms. The number of likely N-dealkylation sites (tertiary alicyclic amines) is 2. The lowest BCUT2D eigenvalue weighted by molar-refractivity contribution is -0.128. The molecule has 2 aliphatic heterocycles. The van der Waals surface area contributed by atoms with Crippen molar-refractivity contribution in [1.29, 1.82) is 0 Å². The van der Waals surface area contributed by atoms with Crippen molar-refractivity contribution in [2.24, 2.45) is 0 Å². The first kappa shape index (κ1) is 21.4. The molecule has 164 valence electrons. The van der Waals surface area contributed by atoms with E-state index in [4.69, 9.17) is 0 Å². The van der Waals surface area contributed by atoms with Crippen LogP contribution in [-0.2, 0) is 24.4 Å². The molecule has 2 aliphatic rings. The van der Waals surface area contributed by atoms with E-state index in [-0.39, 0.29) is 11.9 Å². The molecule has 2 saturated heterocycles. The summed E-state index contributed by atoms with van der Waals surface area (Å²) in [5, 5.41) is 5.88. The van der Waals surface area contributed by atoms with E-state index < -0.39 is 0 Å². The summed E-state index contributed by atoms with van der Waals surface area (Å²) < 4.78 is 0. The minimum absolute atomic E-state index is 0.213. The summed E-state index contributed by atoms with van der Waals surface area (Å²) in [6.45, 7) is 5.24. The van der Waals surface area contributed by atoms with E-state index in [0.717, 1.165) is 49.4 Å². The summed E-state index contributed by atoms with van der Waals surface area (Å²) in [5.74, 6) is 0.224. The number of urea groups is 1. The van der Waals surface area contributed by atoms with Crippen LogP contribution in [0.15, 0.2) is 48.5 Å². The topological polar surface area (TPSA) is 64.7 Å². The van der Waals surface area contributed by atoms with Gasteiger partial charge in [-0.25, -0.2) is 4.79 Å². The van der Waals surface area contributed by atoms with Crippen LogP contribution in [-0.4, -0.2) is 41.4 Å². The van der Waals surface area contributed by atoms with E-state index in [1.807, 2.05) is 35.2 Å². The van der Waals surface area contributed by atoms with Gasteiger partial charge in [0.2, 0.25) is 5.91 Å². The van der Waals surface area contributed by atoms with E-state index in [0.29, 0.717) is 19.5 Å². The van der Waals surface area contributed by atoms with Gasteiger partial charge in [-0.15, -0.1) is 0 Å². The number of anilines is 1. The molecule has 0 bridgehead atoms. The predicted molar refractivity (Wildman–Crippen MR) is 123 cm³/mol. The van der Waals surface area contributed by atoms with Crippen LogP contribution in [0, 0.1) is 0 Å². The molecule has 2 aromatic carbocycles. The maximum absolute atomic E-state index is 12.4. The van der Waals surface area contributed by atoms with E-state index in [9.17, 15) is 9.59 Å². The first-order chi connectivity index (χ1) is 15.2. The second kappa shape index (κ2) is 10.4. The van der Waals surface area contributed by atoms with Crippen molar-refractivity contribution in [1.82, 2.24) is 15.1 Å². The van der Waals surface area contributed by atoms with E-state index >= 15 is 0 Å². The maximum atomic E-state index is 12.4. The number of nitrogens with zero attached hydrogens (tertiary/aromatic N) is 2. The van der Waals surface area contributed by atoms with Crippen LogP contribution in [0.25, 0.3) is 0 Å². The van der Waals surface area contributed by atoms with Gasteiger partial charge in [-0.3, -0.25) is 9.69 Å². The van der Waals surface area contributed by atoms with Crippen molar-refractivity contribution < 1.29 is 9.59 Å². The van der Waals surface area contributed by atoms with Crippen molar-refractivity contribution >= 4 is 17.6 Å². The van der Waals surface area contributed by atoms with Gasteiger partial charge in [0.1, 0.15) is 0 Å². The summed E-state index contributed by atoms with van der Waals surface area (Å²) in [6, 6.07) is 15.8. The number of piperidine rings is 1. The zero-order valence-corrected chi connectivity index (χ0v) is 18.1. The molecular formula is C25H32N4O2. The molecule has 0 aromatic heterocycles. The van der Waals surface area contributed by atoms with Crippen LogP contribution >= 0.6 is 0 Å². The second-order valence-corrected chi connectivity index (χ2v) is 8.53. The average molecular weight is 421 g/mol. The third-order valence-corrected chi connectivity index (χ3v) is 6.16. The molecule has 2 aromatic rings. The summed E-state index contributed by atoms with van der Waals surface area (Å²) in [6.07, 6.45) is 5.48. The van der Waals surface area contributed by atoms with Gasteiger partial charge in [0.25, 0.3) is 0 Å². The van der Waals surface area contributed by atoms with Gasteiger partial charge in [0.15, 0.2) is 0 Å². The van der Waals surface area contributed by atoms with Crippen molar-refractivity contribution in [2.45, 2.75) is 51.7 Å². The fourth-order valence-electron chi connectivity index (χ4n) is 4.38. The summed E-state index contributed by atoms with van der Waals surface area (Å²) in [5.41, 5.74) is 4.27. The third-order valence-electron chi connectivity index (χ3n) is 6.16. The van der Waals surface area contributed by atoms with E-state index in [1.54, 1.807) is 0 Å². The zero-order chi connectivity index (χ0) is 21.5. The quantitative estimate of drug-likeness (QED) is 0.708. The number of amides is 3. The predicted octanol–water partition coefficient (Wildman–Crippen LogP) is 4.12. The number of nitrogens with one attached hydrogen (secondary N) is 2. The monoisotopic (exact) mass is 420 g/mol. The molecule has 31 heavy (non-hydrogen) atoms. The number of hydrogen-bond acceptors (Lipinski definition) is 3. The lowest BCUT2D eigenvalue weighted by Gasteiger charge is -2.27. The molecule has 4 rings (SSSR count). The molecule has 0 radical (unpaired) electrons. The molecule has 6 heteroatoms. The number of hydrogen-bond donors (Lipinski definition) is 2. The molecule has 2 N–H and O–H groups in total. The van der Waals surface area contributed by atoms with Crippen molar-refractivity contribution in [3.05, 3.63) is 65.2 Å². The SMILES string of the molecule is O=C(NCc1ccccc1CN1CCCCC1)Nc1ccc(CN2CCCC2=O)cc1. The fraction of sp³-hybridized carbons (Fsp3) is 0.440. The van der Waals surface area contributed by atoms with Crippen LogP contribution in [0.4, 0.5) is 10.5 Å². The molecule has 0 unspecified atom stereocenters. The van der Waals surface area contributed by atoms with Crippen LogP contribution < -0.4 is 10.6 Å². The van der Waals surface area contributed by atoms with Crippen LogP contribution in [0.2, 0.25) is 0 Å². The minimum Gasteiger partial charge on any atom is -0.338 e. The van der Waals surface area contributed by atoms with Crippen LogP contribution in [0.5, 0.6) is 0 Å². The Balaban J connectivity index is 1.27. The van der Waals surface area contributed by atoms with E-state index in [2.05, 4.69) is 33.7 Å². The van der Waals surface area contributed by atoms with Gasteiger partial charge in [-0.05, 0) is 61.2 Å². The van der Waals surface area contributed by atoms with Gasteiger partial charge in [-0.2, -0.15) is 0 Å². The van der Waals surface area contributed by atoms with Gasteiger partial charge < -0.3 is 15.5 Å². The Labute approximate surface area is 184 Å². The van der Waals surface area contributed by atoms with Crippen molar-refractivity contribution in [3.8, 4) is 0 Å². The lowest BCUT2D eigenvalue weighted by Crippen LogP contribution is -2.31. The standard InChI is InChI=1S/C25H32N4O2/c30-24-9-6-16-29(24)18-20-10-12-23(13-11-20)27-25(31)26-17-21-7-2-3-8-22(21)19-28-14-4-1-5-15-28/h2-3,7-8,10-13H,1,4-6,9,14-19H2,(H2,26,27,31). The Morgan fingerprint density at radius 2 is 1.58 bits per heavy atom. The fourth-order valence-corrected chi connectivity index (χ4v) is 4.38. The molecule has 6 nitrogen and oxygen atoms in total. The zero-order valence-electron chi connectivity index (χ0n) is 18.1. The molecular weight excluding hydrogens is 388 g/mol. The van der Waals surface area contributed by atoms with Crippen LogP contribution in [0.3, 0.4) is 0 Å². The number of carbonyl (C=O) groups is 2. The smallest absolute Gasteiger partial charge is 0.319 e. The summed E-state index contributed by atoms with van der Waals surface area (Å²) >= 11 is 0. The summed E-state index contributed by atoms with van der Waals surface area (Å²) in [7, 11) is 0. The molecule has 2 heterocycles. The highest BCUT2D eigenvalue weighted by atomic mass is 16.2. The Bertz CT molecular complexity index is 891. The highest BCUT2D eigenvalue weighted by molar-refractivity contribution is 5.89. The Morgan fingerprint density at radius 1 is 0.839 bits per heavy atom. The van der Waals surface area contributed by atoms with E-state index in [1.165, 1.54) is 24.8 Å². The van der Waals surface area contributed by atoms with Gasteiger partial charge in [0.05, 0.1) is 0 Å². The largest absolute Gasteiger partial charge is 0.338 e. The van der Waals surface area contributed by atoms with Gasteiger partial charge in [-0.1, -0.05) is 42.8 Å². The number of rotatable bonds is 7. The molecule has 0 atom stereocenters. The molecule has 0 aliphatic carbocycles. The Kier molecular flexibility index (Phi) is 7.20. The molecule has 3 amide bonds. The van der Waals surface area contributed by atoms with Crippen LogP contribution in [0.1, 0.15) is 48.8 Å². The minimum atomic E-state index is -0.213. The second-order valence-electron chi connectivity index (χ2n) is 8.53. The third kappa shape index (κ3) is 6.07. The Hall–Kier alpha value is -2.86. The molecule has 0 saturated carbocycles. The van der Waals surface area contributed by atoms with Crippen molar-refractivity contribution in [2.75, 3.05) is 25.0 Å². The average Bonchev–Trinajstić information content (AvgIpc) is 3.19. The highest BCUT2D eigenvalue weighted by Gasteiger charge is 2.19. The van der Waals surface area contributed by atoms with Gasteiger partial charge in [0, 0.05) is 38.3 Å². The van der Waals surface area contributed by atoms with Gasteiger partial charge >= 0.3 is 6.03 Å². The van der Waals surface area contributed by atoms with Crippen molar-refractivity contribution in [3.63, 3.8) is 0 Å². The molecule has 2 fully saturated rings. The number of benzene rings is 2. The maximum Gasteiger partial charge on any atom is 0.319 e.